The van der Waals surface area contributed by atoms with E-state index in [0.29, 0.717) is 11.1 Å². The first kappa shape index (κ1) is 15.0. The summed E-state index contributed by atoms with van der Waals surface area (Å²) in [6, 6.07) is 10.0. The van der Waals surface area contributed by atoms with Crippen LogP contribution >= 0.6 is 12.2 Å². The fourth-order valence-corrected chi connectivity index (χ4v) is 2.22. The molecule has 0 spiro atoms. The van der Waals surface area contributed by atoms with Crippen molar-refractivity contribution in [3.63, 3.8) is 0 Å². The van der Waals surface area contributed by atoms with Gasteiger partial charge in [0.1, 0.15) is 11.6 Å². The van der Waals surface area contributed by atoms with E-state index in [2.05, 4.69) is 20.5 Å². The number of nitrogens with zero attached hydrogens (tertiary/aromatic N) is 2. The van der Waals surface area contributed by atoms with Gasteiger partial charge in [0, 0.05) is 11.1 Å². The number of thiocarbonyl (C=S) groups is 1. The molecule has 3 N–H and O–H groups in total. The number of azo groups is 1. The van der Waals surface area contributed by atoms with Gasteiger partial charge in [-0.05, 0) is 36.5 Å². The van der Waals surface area contributed by atoms with Gasteiger partial charge in [-0.15, -0.1) is 10.2 Å². The molecule has 1 heterocycles. The number of benzene rings is 2. The molecule has 116 valence electrons. The van der Waals surface area contributed by atoms with Crippen LogP contribution in [-0.4, -0.2) is 15.2 Å². The number of halogens is 2. The number of hydrogen-bond donors (Lipinski definition) is 3. The minimum absolute atomic E-state index is 0.0271. The van der Waals surface area contributed by atoms with Gasteiger partial charge >= 0.3 is 0 Å². The van der Waals surface area contributed by atoms with Crippen molar-refractivity contribution >= 4 is 39.6 Å². The molecule has 0 saturated carbocycles. The molecule has 2 aromatic carbocycles. The van der Waals surface area contributed by atoms with Crippen molar-refractivity contribution in [3.8, 4) is 5.88 Å². The number of nitrogens with one attached hydrogen (secondary N) is 2. The first-order valence-corrected chi connectivity index (χ1v) is 6.93. The standard InChI is InChI=1S/C15H10F2N4OS/c16-8-3-1-4-9(7-8)18-15(23)21-20-13-10-5-2-6-11(17)12(10)19-14(13)22/h1-7,19,22H,(H,18,23). The minimum Gasteiger partial charge on any atom is -0.493 e. The zero-order valence-corrected chi connectivity index (χ0v) is 12.4. The summed E-state index contributed by atoms with van der Waals surface area (Å²) in [7, 11) is 0. The maximum Gasteiger partial charge on any atom is 0.218 e. The smallest absolute Gasteiger partial charge is 0.218 e. The SMILES string of the molecule is Oc1[nH]c2c(F)cccc2c1N=NC(=S)Nc1cccc(F)c1. The lowest BCUT2D eigenvalue weighted by molar-refractivity contribution is 0.459. The minimum atomic E-state index is -0.514. The molecule has 5 nitrogen and oxygen atoms in total. The van der Waals surface area contributed by atoms with E-state index in [4.69, 9.17) is 12.2 Å². The molecule has 0 aliphatic carbocycles. The van der Waals surface area contributed by atoms with Gasteiger partial charge in [0.05, 0.1) is 5.52 Å². The zero-order valence-electron chi connectivity index (χ0n) is 11.5. The third-order valence-electron chi connectivity index (χ3n) is 3.05. The summed E-state index contributed by atoms with van der Waals surface area (Å²) < 4.78 is 26.7. The summed E-state index contributed by atoms with van der Waals surface area (Å²) in [4.78, 5) is 2.49. The predicted octanol–water partition coefficient (Wildman–Crippen LogP) is 4.63. The van der Waals surface area contributed by atoms with E-state index in [1.807, 2.05) is 0 Å². The molecule has 0 fully saturated rings. The van der Waals surface area contributed by atoms with Crippen molar-refractivity contribution in [2.45, 2.75) is 0 Å². The van der Waals surface area contributed by atoms with Crippen molar-refractivity contribution in [2.24, 2.45) is 10.2 Å². The molecule has 8 heteroatoms. The Balaban J connectivity index is 1.84. The van der Waals surface area contributed by atoms with Gasteiger partial charge in [-0.3, -0.25) is 0 Å². The number of rotatable bonds is 2. The van der Waals surface area contributed by atoms with Crippen LogP contribution in [-0.2, 0) is 0 Å². The van der Waals surface area contributed by atoms with Gasteiger partial charge in [0.2, 0.25) is 11.0 Å². The van der Waals surface area contributed by atoms with Gasteiger partial charge in [-0.1, -0.05) is 18.2 Å². The molecular formula is C15H10F2N4OS. The number of aromatic nitrogens is 1. The van der Waals surface area contributed by atoms with Gasteiger partial charge in [-0.25, -0.2) is 8.78 Å². The summed E-state index contributed by atoms with van der Waals surface area (Å²) in [5.74, 6) is -1.25. The second-order valence-electron chi connectivity index (χ2n) is 4.63. The van der Waals surface area contributed by atoms with Crippen LogP contribution in [0.1, 0.15) is 0 Å². The van der Waals surface area contributed by atoms with E-state index in [1.54, 1.807) is 12.1 Å². The number of aromatic hydroxyl groups is 1. The Kier molecular flexibility index (Phi) is 3.98. The molecule has 0 radical (unpaired) electrons. The summed E-state index contributed by atoms with van der Waals surface area (Å²) in [5, 5.41) is 20.4. The highest BCUT2D eigenvalue weighted by Gasteiger charge is 2.13. The average Bonchev–Trinajstić information content (AvgIpc) is 2.82. The van der Waals surface area contributed by atoms with Crippen LogP contribution in [0.5, 0.6) is 5.88 Å². The van der Waals surface area contributed by atoms with E-state index >= 15 is 0 Å². The van der Waals surface area contributed by atoms with E-state index in [1.165, 1.54) is 30.3 Å². The maximum atomic E-state index is 13.6. The monoisotopic (exact) mass is 332 g/mol. The highest BCUT2D eigenvalue weighted by Crippen LogP contribution is 2.36. The molecule has 3 aromatic rings. The Morgan fingerprint density at radius 2 is 1.96 bits per heavy atom. The Morgan fingerprint density at radius 1 is 1.17 bits per heavy atom. The van der Waals surface area contributed by atoms with Crippen LogP contribution in [0.15, 0.2) is 52.7 Å². The fourth-order valence-electron chi connectivity index (χ4n) is 2.07. The Hall–Kier alpha value is -2.87. The molecule has 1 aromatic heterocycles. The molecule has 0 aliphatic heterocycles. The van der Waals surface area contributed by atoms with Crippen molar-refractivity contribution in [3.05, 3.63) is 54.1 Å². The molecule has 0 bridgehead atoms. The zero-order chi connectivity index (χ0) is 16.4. The van der Waals surface area contributed by atoms with Crippen LogP contribution in [0, 0.1) is 11.6 Å². The summed E-state index contributed by atoms with van der Waals surface area (Å²) >= 11 is 4.98. The molecule has 0 aliphatic rings. The molecule has 23 heavy (non-hydrogen) atoms. The number of para-hydroxylation sites is 1. The van der Waals surface area contributed by atoms with Crippen molar-refractivity contribution < 1.29 is 13.9 Å². The van der Waals surface area contributed by atoms with Gasteiger partial charge < -0.3 is 15.4 Å². The van der Waals surface area contributed by atoms with Gasteiger partial charge in [0.15, 0.2) is 5.69 Å². The first-order valence-electron chi connectivity index (χ1n) is 6.52. The highest BCUT2D eigenvalue weighted by molar-refractivity contribution is 7.80. The topological polar surface area (TPSA) is 72.8 Å². The molecule has 0 atom stereocenters. The lowest BCUT2D eigenvalue weighted by Gasteiger charge is -2.02. The molecule has 0 saturated heterocycles. The molecule has 3 rings (SSSR count). The number of hydrogen-bond acceptors (Lipinski definition) is 3. The van der Waals surface area contributed by atoms with Crippen molar-refractivity contribution in [2.75, 3.05) is 5.32 Å². The van der Waals surface area contributed by atoms with Crippen LogP contribution in [0.25, 0.3) is 10.9 Å². The summed E-state index contributed by atoms with van der Waals surface area (Å²) in [6.45, 7) is 0. The summed E-state index contributed by atoms with van der Waals surface area (Å²) in [5.41, 5.74) is 0.619. The number of anilines is 1. The van der Waals surface area contributed by atoms with Crippen LogP contribution in [0.4, 0.5) is 20.2 Å². The molecule has 0 unspecified atom stereocenters. The van der Waals surface area contributed by atoms with Gasteiger partial charge in [0.25, 0.3) is 0 Å². The largest absolute Gasteiger partial charge is 0.493 e. The van der Waals surface area contributed by atoms with Crippen LogP contribution in [0.2, 0.25) is 0 Å². The van der Waals surface area contributed by atoms with Crippen LogP contribution in [0.3, 0.4) is 0 Å². The van der Waals surface area contributed by atoms with Crippen molar-refractivity contribution in [1.29, 1.82) is 0 Å². The predicted molar refractivity (Wildman–Crippen MR) is 87.1 cm³/mol. The Labute approximate surface area is 134 Å². The van der Waals surface area contributed by atoms with E-state index in [9.17, 15) is 13.9 Å². The van der Waals surface area contributed by atoms with Crippen LogP contribution < -0.4 is 5.32 Å². The lowest BCUT2D eigenvalue weighted by atomic mass is 10.2. The number of aromatic amines is 1. The number of H-pyrrole nitrogens is 1. The quantitative estimate of drug-likeness (QED) is 0.473. The highest BCUT2D eigenvalue weighted by atomic mass is 32.1. The third kappa shape index (κ3) is 3.16. The second kappa shape index (κ2) is 6.09. The third-order valence-corrected chi connectivity index (χ3v) is 3.24. The fraction of sp³-hybridized carbons (Fsp3) is 0. The van der Waals surface area contributed by atoms with E-state index in [-0.39, 0.29) is 22.2 Å². The molecular weight excluding hydrogens is 322 g/mol. The van der Waals surface area contributed by atoms with Crippen molar-refractivity contribution in [1.82, 2.24) is 4.98 Å². The maximum absolute atomic E-state index is 13.6. The molecule has 0 amide bonds. The number of fused-ring (bicyclic) bond motifs is 1. The second-order valence-corrected chi connectivity index (χ2v) is 5.01. The Bertz CT molecular complexity index is 923. The first-order chi connectivity index (χ1) is 11.0. The average molecular weight is 332 g/mol. The normalized spacial score (nSPS) is 11.2. The van der Waals surface area contributed by atoms with Gasteiger partial charge in [-0.2, -0.15) is 0 Å². The van der Waals surface area contributed by atoms with E-state index in [0.717, 1.165) is 0 Å². The van der Waals surface area contributed by atoms with E-state index < -0.39 is 11.6 Å². The Morgan fingerprint density at radius 3 is 2.74 bits per heavy atom. The lowest BCUT2D eigenvalue weighted by Crippen LogP contribution is -2.04. The summed E-state index contributed by atoms with van der Waals surface area (Å²) in [6.07, 6.45) is 0.